The number of rotatable bonds is 3. The number of nitrogens with two attached hydrogens (primary N) is 1. The van der Waals surface area contributed by atoms with E-state index in [0.29, 0.717) is 24.5 Å². The van der Waals surface area contributed by atoms with E-state index in [1.807, 2.05) is 7.05 Å². The van der Waals surface area contributed by atoms with E-state index in [9.17, 15) is 5.11 Å². The quantitative estimate of drug-likeness (QED) is 0.529. The number of aliphatic hydroxyl groups is 1. The molecule has 0 radical (unpaired) electrons. The van der Waals surface area contributed by atoms with Crippen molar-refractivity contribution < 1.29 is 5.11 Å². The molecule has 0 amide bonds. The largest absolute Gasteiger partial charge is 0.393 e. The summed E-state index contributed by atoms with van der Waals surface area (Å²) in [7, 11) is 2.00. The fourth-order valence-electron chi connectivity index (χ4n) is 2.20. The van der Waals surface area contributed by atoms with Crippen LogP contribution in [0, 0.1) is 5.92 Å². The van der Waals surface area contributed by atoms with Crippen molar-refractivity contribution in [3.05, 3.63) is 0 Å². The molecule has 2 saturated carbocycles. The van der Waals surface area contributed by atoms with Gasteiger partial charge in [-0.15, -0.1) is 0 Å². The average molecular weight is 211 g/mol. The molecule has 2 aliphatic carbocycles. The number of hydrogen-bond acceptors (Lipinski definition) is 2. The Hall–Kier alpha value is -0.770. The molecular formula is C11H21N3O. The van der Waals surface area contributed by atoms with E-state index in [2.05, 4.69) is 9.89 Å². The van der Waals surface area contributed by atoms with Crippen molar-refractivity contribution in [2.24, 2.45) is 16.6 Å². The lowest BCUT2D eigenvalue weighted by atomic mass is 10.1. The van der Waals surface area contributed by atoms with Crippen LogP contribution >= 0.6 is 0 Å². The molecule has 0 spiro atoms. The Morgan fingerprint density at radius 1 is 1.40 bits per heavy atom. The lowest BCUT2D eigenvalue weighted by Crippen LogP contribution is -2.36. The van der Waals surface area contributed by atoms with Gasteiger partial charge in [0.2, 0.25) is 0 Å². The van der Waals surface area contributed by atoms with Crippen molar-refractivity contribution in [1.82, 2.24) is 4.90 Å². The van der Waals surface area contributed by atoms with Crippen LogP contribution in [0.25, 0.3) is 0 Å². The number of aliphatic hydroxyl groups excluding tert-OH is 1. The Morgan fingerprint density at radius 2 is 2.13 bits per heavy atom. The van der Waals surface area contributed by atoms with Crippen LogP contribution in [-0.2, 0) is 0 Å². The Morgan fingerprint density at radius 3 is 2.67 bits per heavy atom. The molecule has 0 bridgehead atoms. The predicted molar refractivity (Wildman–Crippen MR) is 60.6 cm³/mol. The smallest absolute Gasteiger partial charge is 0.191 e. The fourth-order valence-corrected chi connectivity index (χ4v) is 2.20. The minimum Gasteiger partial charge on any atom is -0.393 e. The highest BCUT2D eigenvalue weighted by molar-refractivity contribution is 5.78. The molecule has 2 aliphatic rings. The molecule has 2 rings (SSSR count). The third kappa shape index (κ3) is 2.62. The average Bonchev–Trinajstić information content (AvgIpc) is 2.99. The van der Waals surface area contributed by atoms with Crippen molar-refractivity contribution >= 4 is 5.96 Å². The highest BCUT2D eigenvalue weighted by Gasteiger charge is 2.28. The van der Waals surface area contributed by atoms with Crippen molar-refractivity contribution in [2.75, 3.05) is 13.6 Å². The molecule has 86 valence electrons. The Kier molecular flexibility index (Phi) is 3.14. The van der Waals surface area contributed by atoms with Gasteiger partial charge in [0.1, 0.15) is 0 Å². The summed E-state index contributed by atoms with van der Waals surface area (Å²) in [5.74, 6) is 0.966. The Bertz CT molecular complexity index is 250. The summed E-state index contributed by atoms with van der Waals surface area (Å²) in [4.78, 5) is 6.43. The molecule has 0 aliphatic heterocycles. The van der Waals surface area contributed by atoms with Gasteiger partial charge in [0, 0.05) is 25.6 Å². The van der Waals surface area contributed by atoms with Gasteiger partial charge in [-0.25, -0.2) is 0 Å². The van der Waals surface area contributed by atoms with Crippen molar-refractivity contribution in [2.45, 2.75) is 44.2 Å². The molecule has 2 unspecified atom stereocenters. The summed E-state index contributed by atoms with van der Waals surface area (Å²) >= 11 is 0. The predicted octanol–water partition coefficient (Wildman–Crippen LogP) is 0.556. The zero-order chi connectivity index (χ0) is 10.8. The van der Waals surface area contributed by atoms with Gasteiger partial charge in [-0.1, -0.05) is 6.42 Å². The van der Waals surface area contributed by atoms with Crippen LogP contribution in [0.15, 0.2) is 4.99 Å². The van der Waals surface area contributed by atoms with E-state index in [-0.39, 0.29) is 6.10 Å². The SMILES string of the molecule is CN(C(N)=NCC1CCCC1O)C1CC1. The van der Waals surface area contributed by atoms with Crippen molar-refractivity contribution in [3.8, 4) is 0 Å². The highest BCUT2D eigenvalue weighted by Crippen LogP contribution is 2.27. The van der Waals surface area contributed by atoms with Crippen LogP contribution in [0.4, 0.5) is 0 Å². The first-order valence-corrected chi connectivity index (χ1v) is 5.89. The third-order valence-electron chi connectivity index (χ3n) is 3.56. The second-order valence-electron chi connectivity index (χ2n) is 4.80. The maximum Gasteiger partial charge on any atom is 0.191 e. The second-order valence-corrected chi connectivity index (χ2v) is 4.80. The molecule has 0 aromatic carbocycles. The van der Waals surface area contributed by atoms with Crippen LogP contribution in [0.5, 0.6) is 0 Å². The maximum atomic E-state index is 9.64. The van der Waals surface area contributed by atoms with E-state index < -0.39 is 0 Å². The minimum absolute atomic E-state index is 0.159. The van der Waals surface area contributed by atoms with Gasteiger partial charge in [0.05, 0.1) is 6.10 Å². The first-order chi connectivity index (χ1) is 7.18. The number of hydrogen-bond donors (Lipinski definition) is 2. The van der Waals surface area contributed by atoms with Gasteiger partial charge < -0.3 is 15.7 Å². The first kappa shape index (κ1) is 10.7. The van der Waals surface area contributed by atoms with Gasteiger partial charge in [0.25, 0.3) is 0 Å². The summed E-state index contributed by atoms with van der Waals surface area (Å²) in [6.45, 7) is 0.685. The second kappa shape index (κ2) is 4.39. The normalized spacial score (nSPS) is 32.0. The first-order valence-electron chi connectivity index (χ1n) is 5.89. The number of nitrogens with zero attached hydrogens (tertiary/aromatic N) is 2. The van der Waals surface area contributed by atoms with Crippen LogP contribution in [0.3, 0.4) is 0 Å². The van der Waals surface area contributed by atoms with E-state index in [4.69, 9.17) is 5.73 Å². The van der Waals surface area contributed by atoms with Gasteiger partial charge in [-0.2, -0.15) is 0 Å². The van der Waals surface area contributed by atoms with Crippen molar-refractivity contribution in [3.63, 3.8) is 0 Å². The van der Waals surface area contributed by atoms with Gasteiger partial charge in [0.15, 0.2) is 5.96 Å². The van der Waals surface area contributed by atoms with Gasteiger partial charge in [-0.3, -0.25) is 4.99 Å². The van der Waals surface area contributed by atoms with E-state index in [1.165, 1.54) is 12.8 Å². The molecule has 4 heteroatoms. The third-order valence-corrected chi connectivity index (χ3v) is 3.56. The standard InChI is InChI=1S/C11H21N3O/c1-14(9-5-6-9)11(12)13-7-8-3-2-4-10(8)15/h8-10,15H,2-7H2,1H3,(H2,12,13). The molecule has 3 N–H and O–H groups in total. The topological polar surface area (TPSA) is 61.8 Å². The molecule has 0 aromatic heterocycles. The summed E-state index contributed by atoms with van der Waals surface area (Å²) in [5, 5.41) is 9.64. The van der Waals surface area contributed by atoms with Crippen LogP contribution in [0.1, 0.15) is 32.1 Å². The highest BCUT2D eigenvalue weighted by atomic mass is 16.3. The molecule has 0 aromatic rings. The van der Waals surface area contributed by atoms with Crippen LogP contribution in [0.2, 0.25) is 0 Å². The minimum atomic E-state index is -0.159. The fraction of sp³-hybridized carbons (Fsp3) is 0.909. The summed E-state index contributed by atoms with van der Waals surface area (Å²) in [6.07, 6.45) is 5.45. The summed E-state index contributed by atoms with van der Waals surface area (Å²) in [6, 6.07) is 0.613. The zero-order valence-electron chi connectivity index (χ0n) is 9.39. The van der Waals surface area contributed by atoms with Crippen LogP contribution < -0.4 is 5.73 Å². The van der Waals surface area contributed by atoms with Gasteiger partial charge >= 0.3 is 0 Å². The van der Waals surface area contributed by atoms with Gasteiger partial charge in [-0.05, 0) is 25.7 Å². The van der Waals surface area contributed by atoms with E-state index in [1.54, 1.807) is 0 Å². The number of guanidine groups is 1. The van der Waals surface area contributed by atoms with Crippen LogP contribution in [-0.4, -0.2) is 41.7 Å². The molecule has 0 saturated heterocycles. The maximum absolute atomic E-state index is 9.64. The van der Waals surface area contributed by atoms with E-state index in [0.717, 1.165) is 19.3 Å². The van der Waals surface area contributed by atoms with Crippen molar-refractivity contribution in [1.29, 1.82) is 0 Å². The molecule has 15 heavy (non-hydrogen) atoms. The molecule has 0 heterocycles. The molecule has 2 atom stereocenters. The lowest BCUT2D eigenvalue weighted by molar-refractivity contribution is 0.136. The Labute approximate surface area is 91.2 Å². The zero-order valence-corrected chi connectivity index (χ0v) is 9.39. The number of aliphatic imine (C=N–C) groups is 1. The summed E-state index contributed by atoms with van der Waals surface area (Å²) < 4.78 is 0. The van der Waals surface area contributed by atoms with E-state index >= 15 is 0 Å². The Balaban J connectivity index is 1.81. The summed E-state index contributed by atoms with van der Waals surface area (Å²) in [5.41, 5.74) is 5.88. The lowest BCUT2D eigenvalue weighted by Gasteiger charge is -2.18. The molecule has 4 nitrogen and oxygen atoms in total. The molecule has 2 fully saturated rings. The monoisotopic (exact) mass is 211 g/mol. The molecular weight excluding hydrogens is 190 g/mol.